The lowest BCUT2D eigenvalue weighted by Gasteiger charge is -2.15. The minimum atomic E-state index is -4.86. The van der Waals surface area contributed by atoms with Gasteiger partial charge >= 0.3 is 6.18 Å². The van der Waals surface area contributed by atoms with Crippen molar-refractivity contribution in [3.05, 3.63) is 101 Å². The molecule has 0 bridgehead atoms. The highest BCUT2D eigenvalue weighted by Gasteiger charge is 2.33. The average Bonchev–Trinajstić information content (AvgIpc) is 2.85. The Morgan fingerprint density at radius 3 is 1.89 bits per heavy atom. The number of rotatable bonds is 9. The molecule has 0 aliphatic heterocycles. The summed E-state index contributed by atoms with van der Waals surface area (Å²) in [7, 11) is 0. The summed E-state index contributed by atoms with van der Waals surface area (Å²) in [5.74, 6) is -3.89. The van der Waals surface area contributed by atoms with Crippen LogP contribution < -0.4 is 10.6 Å². The molecule has 0 saturated heterocycles. The van der Waals surface area contributed by atoms with E-state index in [9.17, 15) is 31.1 Å². The number of anilines is 2. The highest BCUT2D eigenvalue weighted by Crippen LogP contribution is 2.31. The van der Waals surface area contributed by atoms with Crippen molar-refractivity contribution in [3.8, 4) is 0 Å². The van der Waals surface area contributed by atoms with Crippen molar-refractivity contribution in [3.63, 3.8) is 0 Å². The topological polar surface area (TPSA) is 65.0 Å². The van der Waals surface area contributed by atoms with Crippen molar-refractivity contribution >= 4 is 28.7 Å². The van der Waals surface area contributed by atoms with Gasteiger partial charge in [0.25, 0.3) is 5.92 Å². The summed E-state index contributed by atoms with van der Waals surface area (Å²) in [6, 6.07) is 16.3. The molecule has 0 unspecified atom stereocenters. The number of benzene rings is 3. The van der Waals surface area contributed by atoms with Crippen molar-refractivity contribution in [1.82, 2.24) is 0 Å². The van der Waals surface area contributed by atoms with Crippen molar-refractivity contribution in [2.45, 2.75) is 31.9 Å². The summed E-state index contributed by atoms with van der Waals surface area (Å²) in [6.45, 7) is 1.38. The zero-order valence-corrected chi connectivity index (χ0v) is 19.6. The van der Waals surface area contributed by atoms with Gasteiger partial charge in [-0.1, -0.05) is 31.2 Å². The van der Waals surface area contributed by atoms with Crippen LogP contribution in [0.25, 0.3) is 5.70 Å². The summed E-state index contributed by atoms with van der Waals surface area (Å²) in [4.78, 5) is 12.4. The van der Waals surface area contributed by atoms with Crippen molar-refractivity contribution in [1.29, 1.82) is 5.41 Å². The fourth-order valence-corrected chi connectivity index (χ4v) is 3.30. The normalized spacial score (nSPS) is 12.2. The third-order valence-corrected chi connectivity index (χ3v) is 5.38. The van der Waals surface area contributed by atoms with Gasteiger partial charge in [-0.2, -0.15) is 13.2 Å². The number of hydrogen-bond donors (Lipinski definition) is 3. The van der Waals surface area contributed by atoms with E-state index in [4.69, 9.17) is 5.41 Å². The van der Waals surface area contributed by atoms with Gasteiger partial charge < -0.3 is 10.6 Å². The van der Waals surface area contributed by atoms with Crippen LogP contribution in [-0.2, 0) is 17.1 Å². The maximum Gasteiger partial charge on any atom is 0.432 e. The Morgan fingerprint density at radius 2 is 1.38 bits per heavy atom. The Balaban J connectivity index is 1.68. The molecule has 0 aliphatic rings. The maximum absolute atomic E-state index is 13.7. The minimum absolute atomic E-state index is 0.0466. The Kier molecular flexibility index (Phi) is 8.42. The van der Waals surface area contributed by atoms with Crippen LogP contribution in [0, 0.1) is 11.2 Å². The Hall–Kier alpha value is -4.08. The van der Waals surface area contributed by atoms with Crippen LogP contribution in [-0.4, -0.2) is 17.8 Å². The number of allylic oxidation sites excluding steroid dienone is 1. The molecule has 10 heteroatoms. The number of halogens is 6. The first-order chi connectivity index (χ1) is 17.4. The molecule has 4 nitrogen and oxygen atoms in total. The van der Waals surface area contributed by atoms with Crippen molar-refractivity contribution in [2.24, 2.45) is 0 Å². The quantitative estimate of drug-likeness (QED) is 0.202. The number of alkyl halides is 5. The molecule has 1 amide bonds. The van der Waals surface area contributed by atoms with Gasteiger partial charge in [0.15, 0.2) is 0 Å². The molecule has 0 fully saturated rings. The van der Waals surface area contributed by atoms with Crippen LogP contribution >= 0.6 is 0 Å². The fraction of sp³-hybridized carbons (Fsp3) is 0.185. The molecular formula is C27H23F6N3O. The highest BCUT2D eigenvalue weighted by molar-refractivity contribution is 6.04. The lowest BCUT2D eigenvalue weighted by molar-refractivity contribution is -0.115. The summed E-state index contributed by atoms with van der Waals surface area (Å²) in [5, 5.41) is 12.7. The third kappa shape index (κ3) is 7.70. The second-order valence-electron chi connectivity index (χ2n) is 8.16. The van der Waals surface area contributed by atoms with E-state index < -0.39 is 23.6 Å². The van der Waals surface area contributed by atoms with E-state index in [0.717, 1.165) is 12.1 Å². The van der Waals surface area contributed by atoms with Gasteiger partial charge in [-0.3, -0.25) is 10.2 Å². The van der Waals surface area contributed by atoms with Crippen LogP contribution in [0.15, 0.2) is 78.9 Å². The number of carbonyl (C=O) groups excluding carboxylic acids is 1. The highest BCUT2D eigenvalue weighted by atomic mass is 19.4. The predicted molar refractivity (Wildman–Crippen MR) is 131 cm³/mol. The van der Waals surface area contributed by atoms with Crippen LogP contribution in [0.3, 0.4) is 0 Å². The lowest BCUT2D eigenvalue weighted by atomic mass is 10.0. The number of nitrogens with one attached hydrogen (secondary N) is 3. The van der Waals surface area contributed by atoms with Crippen molar-refractivity contribution < 1.29 is 31.1 Å². The molecule has 3 rings (SSSR count). The fourth-order valence-electron chi connectivity index (χ4n) is 3.30. The van der Waals surface area contributed by atoms with Gasteiger partial charge in [0, 0.05) is 29.1 Å². The van der Waals surface area contributed by atoms with E-state index in [2.05, 4.69) is 10.6 Å². The van der Waals surface area contributed by atoms with Crippen LogP contribution in [0.1, 0.15) is 30.0 Å². The van der Waals surface area contributed by atoms with Crippen LogP contribution in [0.5, 0.6) is 0 Å². The number of hydrogen-bond acceptors (Lipinski definition) is 3. The molecule has 194 valence electrons. The first kappa shape index (κ1) is 27.5. The monoisotopic (exact) mass is 519 g/mol. The zero-order valence-electron chi connectivity index (χ0n) is 19.6. The average molecular weight is 519 g/mol. The van der Waals surface area contributed by atoms with Crippen molar-refractivity contribution in [2.75, 3.05) is 10.6 Å². The largest absolute Gasteiger partial charge is 0.432 e. The summed E-state index contributed by atoms with van der Waals surface area (Å²) in [6.07, 6.45) is -4.64. The van der Waals surface area contributed by atoms with E-state index in [1.54, 1.807) is 0 Å². The van der Waals surface area contributed by atoms with Crippen LogP contribution in [0.2, 0.25) is 0 Å². The molecule has 0 spiro atoms. The number of amides is 1. The van der Waals surface area contributed by atoms with Gasteiger partial charge in [-0.15, -0.1) is 0 Å². The second-order valence-corrected chi connectivity index (χ2v) is 8.16. The van der Waals surface area contributed by atoms with E-state index in [0.29, 0.717) is 23.0 Å². The van der Waals surface area contributed by atoms with Gasteiger partial charge in [0.2, 0.25) is 5.91 Å². The minimum Gasteiger partial charge on any atom is -0.355 e. The predicted octanol–water partition coefficient (Wildman–Crippen LogP) is 7.54. The molecule has 0 aromatic heterocycles. The van der Waals surface area contributed by atoms with E-state index in [1.165, 1.54) is 67.6 Å². The van der Waals surface area contributed by atoms with E-state index >= 15 is 0 Å². The van der Waals surface area contributed by atoms with Gasteiger partial charge in [-0.25, -0.2) is 13.2 Å². The third-order valence-electron chi connectivity index (χ3n) is 5.38. The standard InChI is InChI=1S/C27H23F6N3O/c1-2-26(29,30)19-7-3-17(4-8-19)15-25(37)36-22-13-11-21(12-14-22)35-23(16-24(34)27(31,32)33)18-5-9-20(28)10-6-18/h3-14,16,34-35H,2,15H2,1H3,(H,36,37)/b23-16-,34-24?. The Labute approximate surface area is 209 Å². The maximum atomic E-state index is 13.7. The molecule has 0 aliphatic carbocycles. The summed E-state index contributed by atoms with van der Waals surface area (Å²) in [5.41, 5.74) is -0.244. The smallest absolute Gasteiger partial charge is 0.355 e. The summed E-state index contributed by atoms with van der Waals surface area (Å²) < 4.78 is 79.5. The molecule has 3 aromatic rings. The Morgan fingerprint density at radius 1 is 0.838 bits per heavy atom. The van der Waals surface area contributed by atoms with Gasteiger partial charge in [0.1, 0.15) is 11.5 Å². The SMILES string of the molecule is CCC(F)(F)c1ccc(CC(=O)Nc2ccc(N/C(=C\C(=N)C(F)(F)F)c3ccc(F)cc3)cc2)cc1. The number of carbonyl (C=O) groups is 1. The van der Waals surface area contributed by atoms with Crippen LogP contribution in [0.4, 0.5) is 37.7 Å². The second kappa shape index (κ2) is 11.3. The summed E-state index contributed by atoms with van der Waals surface area (Å²) >= 11 is 0. The molecule has 0 saturated carbocycles. The molecular weight excluding hydrogens is 496 g/mol. The van der Waals surface area contributed by atoms with E-state index in [1.807, 2.05) is 0 Å². The molecule has 37 heavy (non-hydrogen) atoms. The van der Waals surface area contributed by atoms with Gasteiger partial charge in [0.05, 0.1) is 6.42 Å². The molecule has 0 atom stereocenters. The Bertz CT molecular complexity index is 1270. The molecule has 3 N–H and O–H groups in total. The first-order valence-corrected chi connectivity index (χ1v) is 11.1. The lowest BCUT2D eigenvalue weighted by Crippen LogP contribution is -2.20. The van der Waals surface area contributed by atoms with Gasteiger partial charge in [-0.05, 0) is 65.7 Å². The molecule has 0 radical (unpaired) electrons. The first-order valence-electron chi connectivity index (χ1n) is 11.1. The molecule has 0 heterocycles. The molecule has 3 aromatic carbocycles. The zero-order chi connectivity index (χ0) is 27.2. The van der Waals surface area contributed by atoms with E-state index in [-0.39, 0.29) is 35.6 Å².